The van der Waals surface area contributed by atoms with Crippen LogP contribution in [-0.2, 0) is 131 Å². The van der Waals surface area contributed by atoms with Crippen LogP contribution in [0.3, 0.4) is 0 Å². The van der Waals surface area contributed by atoms with Gasteiger partial charge in [-0.3, -0.25) is 21.1 Å². The van der Waals surface area contributed by atoms with Crippen LogP contribution in [0.4, 0.5) is 0 Å². The fourth-order valence-electron chi connectivity index (χ4n) is 0.898. The Labute approximate surface area is 238 Å². The third-order valence-corrected chi connectivity index (χ3v) is 1.32. The Morgan fingerprint density at radius 1 is 0.571 bits per heavy atom. The van der Waals surface area contributed by atoms with Crippen molar-refractivity contribution in [3.8, 4) is 0 Å². The average molecular weight is 602 g/mol. The van der Waals surface area contributed by atoms with Crippen LogP contribution in [0.1, 0.15) is 46.0 Å². The molecule has 21 heavy (non-hydrogen) atoms. The minimum absolute atomic E-state index is 0. The van der Waals surface area contributed by atoms with Gasteiger partial charge in [0.15, 0.2) is 0 Å². The number of nitrogens with two attached hydrogens (primary N) is 3. The Bertz CT molecular complexity index is 41.7. The summed E-state index contributed by atoms with van der Waals surface area (Å²) >= 11 is 0. The zero-order valence-electron chi connectivity index (χ0n) is 14.7. The molecule has 1 fully saturated rings. The fraction of sp³-hybridized carbons (Fsp3) is 0.500. The Kier molecular flexibility index (Phi) is 378. The molecule has 3 nitrogen and oxygen atoms in total. The first-order chi connectivity index (χ1) is 8.00. The molecule has 0 aromatic rings. The van der Waals surface area contributed by atoms with Crippen LogP contribution in [-0.4, -0.2) is 0 Å². The van der Waals surface area contributed by atoms with Crippen LogP contribution in [0.25, 0.3) is 0 Å². The summed E-state index contributed by atoms with van der Waals surface area (Å²) in [7, 11) is 8.25. The fourth-order valence-corrected chi connectivity index (χ4v) is 0.898. The van der Waals surface area contributed by atoms with Gasteiger partial charge in [-0.2, -0.15) is 26.7 Å². The molecule has 1 saturated carbocycles. The Balaban J connectivity index is -0.00000000912. The number of hydrogen-bond donors (Lipinski definition) is 3. The van der Waals surface area contributed by atoms with E-state index in [0.29, 0.717) is 0 Å². The predicted molar refractivity (Wildman–Crippen MR) is 84.5 cm³/mol. The second-order valence-electron chi connectivity index (χ2n) is 1.93. The van der Waals surface area contributed by atoms with Crippen LogP contribution in [0, 0.1) is 48.8 Å². The molecule has 1 aliphatic carbocycles. The van der Waals surface area contributed by atoms with E-state index in [1.54, 1.807) is 13.8 Å². The van der Waals surface area contributed by atoms with Crippen LogP contribution in [0.2, 0.25) is 0 Å². The molecule has 4 radical (unpaired) electrons. The Hall–Kier alpha value is 4.30. The Morgan fingerprint density at radius 2 is 0.762 bits per heavy atom. The van der Waals surface area contributed by atoms with E-state index in [1.165, 1.54) is 32.1 Å². The van der Waals surface area contributed by atoms with E-state index in [1.807, 2.05) is 0 Å². The molecule has 126 valence electrons. The second kappa shape index (κ2) is 124. The van der Waals surface area contributed by atoms with Crippen LogP contribution < -0.4 is 17.2 Å². The summed E-state index contributed by atoms with van der Waals surface area (Å²) in [5.74, 6) is 0. The third-order valence-electron chi connectivity index (χ3n) is 1.32. The second-order valence-corrected chi connectivity index (χ2v) is 1.93. The monoisotopic (exact) mass is 602 g/mol. The van der Waals surface area contributed by atoms with Gasteiger partial charge in [0.05, 0.1) is 0 Å². The molecule has 0 unspecified atom stereocenters. The first-order valence-corrected chi connectivity index (χ1v) is 5.46. The molecule has 0 atom stereocenters. The Morgan fingerprint density at radius 3 is 0.810 bits per heavy atom. The quantitative estimate of drug-likeness (QED) is 0.372. The molecule has 0 aliphatic heterocycles. The molecule has 0 spiro atoms. The van der Waals surface area contributed by atoms with Crippen molar-refractivity contribution in [3.05, 3.63) is 48.8 Å². The van der Waals surface area contributed by atoms with Gasteiger partial charge in [-0.15, -0.1) is 0 Å². The van der Waals surface area contributed by atoms with Crippen molar-refractivity contribution in [2.75, 3.05) is 0 Å². The van der Waals surface area contributed by atoms with Gasteiger partial charge in [-0.25, -0.2) is 0 Å². The molecular weight excluding hydrogens is 566 g/mol. The van der Waals surface area contributed by atoms with E-state index in [2.05, 4.69) is 58.6 Å². The summed E-state index contributed by atoms with van der Waals surface area (Å²) in [6.45, 7) is 10.0. The van der Waals surface area contributed by atoms with E-state index in [4.69, 9.17) is 0 Å². The van der Waals surface area contributed by atoms with Crippen molar-refractivity contribution in [3.63, 3.8) is 0 Å². The minimum Gasteiger partial charge on any atom is -0.486 e. The van der Waals surface area contributed by atoms with E-state index in [-0.39, 0.29) is 138 Å². The molecule has 7 heteroatoms. The predicted octanol–water partition coefficient (Wildman–Crippen LogP) is 3.49. The van der Waals surface area contributed by atoms with Gasteiger partial charge in [0.25, 0.3) is 0 Å². The molecule has 0 saturated heterocycles. The summed E-state index contributed by atoms with van der Waals surface area (Å²) in [5, 5.41) is 0. The first-order valence-electron chi connectivity index (χ1n) is 5.46. The molecule has 0 heterocycles. The zero-order valence-corrected chi connectivity index (χ0v) is 26.0. The SMILES string of the molecule is [CH-]1CCCCC1.[CH2-]C.[CH2-]C.[CH2-]N.[CH2-]N.[CH2-]N.[CH3-].[Y].[Y].[Y].[Y]. The average Bonchev–Trinajstić information content (AvgIpc) is 2.51. The van der Waals surface area contributed by atoms with E-state index in [9.17, 15) is 0 Å². The van der Waals surface area contributed by atoms with Crippen LogP contribution >= 0.6 is 0 Å². The standard InChI is InChI=1S/C6H11.2C2H5.3CH4N.CH3.4Y/c1-2-4-6-5-3-1;5*1-2;;;;;/h1H,2-6H2;2*1H2,2H3;3*1-2H2;1H3;;;;/q7*-1;;;;. The van der Waals surface area contributed by atoms with Crippen molar-refractivity contribution in [1.29, 1.82) is 0 Å². The van der Waals surface area contributed by atoms with Crippen LogP contribution in [0.5, 0.6) is 0 Å². The van der Waals surface area contributed by atoms with Crippen molar-refractivity contribution < 1.29 is 131 Å². The van der Waals surface area contributed by atoms with Gasteiger partial charge < -0.3 is 44.9 Å². The van der Waals surface area contributed by atoms with Gasteiger partial charge in [-0.1, -0.05) is 19.3 Å². The van der Waals surface area contributed by atoms with E-state index < -0.39 is 0 Å². The summed E-state index contributed by atoms with van der Waals surface area (Å²) in [6, 6.07) is 0. The van der Waals surface area contributed by atoms with Gasteiger partial charge in [-0.05, 0) is 0 Å². The maximum Gasteiger partial charge on any atom is 0 e. The van der Waals surface area contributed by atoms with Gasteiger partial charge in [0, 0.05) is 131 Å². The minimum atomic E-state index is 0. The van der Waals surface area contributed by atoms with Gasteiger partial charge >= 0.3 is 0 Å². The summed E-state index contributed by atoms with van der Waals surface area (Å²) in [4.78, 5) is 0. The van der Waals surface area contributed by atoms with E-state index in [0.717, 1.165) is 0 Å². The number of hydrogen-bond acceptors (Lipinski definition) is 3. The van der Waals surface area contributed by atoms with Gasteiger partial charge in [0.1, 0.15) is 0 Å². The van der Waals surface area contributed by atoms with Crippen molar-refractivity contribution in [1.82, 2.24) is 0 Å². The van der Waals surface area contributed by atoms with Crippen molar-refractivity contribution >= 4 is 0 Å². The largest absolute Gasteiger partial charge is 0.486 e. The van der Waals surface area contributed by atoms with Crippen LogP contribution in [0.15, 0.2) is 0 Å². The molecule has 0 aromatic heterocycles. The summed E-state index contributed by atoms with van der Waals surface area (Å²) in [5.41, 5.74) is 12.8. The summed E-state index contributed by atoms with van der Waals surface area (Å²) in [6.07, 6.45) is 9.50. The molecule has 1 rings (SSSR count). The topological polar surface area (TPSA) is 78.1 Å². The molecule has 0 amide bonds. The maximum absolute atomic E-state index is 4.25. The third kappa shape index (κ3) is 114. The van der Waals surface area contributed by atoms with Gasteiger partial charge in [0.2, 0.25) is 0 Å². The molecule has 6 N–H and O–H groups in total. The maximum atomic E-state index is 4.25. The summed E-state index contributed by atoms with van der Waals surface area (Å²) < 4.78 is 0. The first kappa shape index (κ1) is 63.8. The molecule has 0 bridgehead atoms. The number of rotatable bonds is 0. The zero-order chi connectivity index (χ0) is 14.2. The normalized spacial score (nSPS) is 8.29. The molecular formula is C14H36N3Y4-7. The van der Waals surface area contributed by atoms with E-state index >= 15 is 0 Å². The smallest absolute Gasteiger partial charge is 0 e. The molecule has 0 aromatic carbocycles. The van der Waals surface area contributed by atoms with Crippen molar-refractivity contribution in [2.45, 2.75) is 46.0 Å². The molecule has 1 aliphatic rings. The van der Waals surface area contributed by atoms with Crippen molar-refractivity contribution in [2.24, 2.45) is 17.2 Å².